The number of aryl methyl sites for hydroxylation is 1. The lowest BCUT2D eigenvalue weighted by Gasteiger charge is -2.59. The number of hydrogen-bond acceptors (Lipinski definition) is 3. The molecule has 1 unspecified atom stereocenters. The van der Waals surface area contributed by atoms with Gasteiger partial charge in [0.2, 0.25) is 10.0 Å². The zero-order valence-corrected chi connectivity index (χ0v) is 18.2. The highest BCUT2D eigenvalue weighted by molar-refractivity contribution is 7.89. The first kappa shape index (κ1) is 19.9. The maximum absolute atomic E-state index is 13.1. The largest absolute Gasteiger partial charge is 0.349 e. The molecule has 5 nitrogen and oxygen atoms in total. The normalized spacial score (nSPS) is 32.4. The molecule has 0 spiro atoms. The molecule has 1 atom stereocenters. The molecule has 1 aromatic carbocycles. The van der Waals surface area contributed by atoms with Gasteiger partial charge in [-0.1, -0.05) is 0 Å². The number of hydrogen-bond donors (Lipinski definition) is 2. The van der Waals surface area contributed by atoms with Crippen molar-refractivity contribution in [2.75, 3.05) is 7.05 Å². The SMILES string of the molecule is CNS(=O)(=O)c1cc(C(=O)NC(C)C23CC4CC(CC(C4)C2)C3)cc(C)c1C. The number of sulfonamides is 1. The maximum Gasteiger partial charge on any atom is 0.251 e. The lowest BCUT2D eigenvalue weighted by molar-refractivity contribution is -0.0688. The van der Waals surface area contributed by atoms with Gasteiger partial charge in [0.25, 0.3) is 5.91 Å². The Balaban J connectivity index is 1.57. The van der Waals surface area contributed by atoms with Crippen LogP contribution in [-0.4, -0.2) is 27.4 Å². The third-order valence-corrected chi connectivity index (χ3v) is 9.33. The zero-order valence-electron chi connectivity index (χ0n) is 17.3. The summed E-state index contributed by atoms with van der Waals surface area (Å²) in [5, 5.41) is 3.24. The van der Waals surface area contributed by atoms with Crippen LogP contribution in [0.4, 0.5) is 0 Å². The molecule has 4 aliphatic carbocycles. The Kier molecular flexibility index (Phi) is 4.86. The van der Waals surface area contributed by atoms with Crippen molar-refractivity contribution >= 4 is 15.9 Å². The molecule has 2 N–H and O–H groups in total. The van der Waals surface area contributed by atoms with Crippen LogP contribution < -0.4 is 10.0 Å². The second kappa shape index (κ2) is 6.84. The van der Waals surface area contributed by atoms with E-state index in [-0.39, 0.29) is 22.3 Å². The summed E-state index contributed by atoms with van der Waals surface area (Å²) in [7, 11) is -2.21. The van der Waals surface area contributed by atoms with Crippen LogP contribution in [0.25, 0.3) is 0 Å². The molecule has 4 bridgehead atoms. The first-order chi connectivity index (χ1) is 13.1. The molecule has 1 aromatic rings. The predicted octanol–water partition coefficient (Wildman–Crippen LogP) is 3.55. The molecule has 0 saturated heterocycles. The highest BCUT2D eigenvalue weighted by Crippen LogP contribution is 2.61. The molecule has 1 amide bonds. The standard InChI is InChI=1S/C22H32N2O3S/c1-13-5-19(9-20(14(13)2)28(26,27)23-4)21(25)24-15(3)22-10-16-6-17(11-22)8-18(7-16)12-22/h5,9,15-18,23H,6-8,10-12H2,1-4H3,(H,24,25). The van der Waals surface area contributed by atoms with Crippen LogP contribution in [-0.2, 0) is 10.0 Å². The van der Waals surface area contributed by atoms with Crippen molar-refractivity contribution in [2.24, 2.45) is 23.2 Å². The van der Waals surface area contributed by atoms with Crippen molar-refractivity contribution in [1.82, 2.24) is 10.0 Å². The van der Waals surface area contributed by atoms with E-state index < -0.39 is 10.0 Å². The van der Waals surface area contributed by atoms with Gasteiger partial charge < -0.3 is 5.32 Å². The quantitative estimate of drug-likeness (QED) is 0.788. The summed E-state index contributed by atoms with van der Waals surface area (Å²) in [5.41, 5.74) is 2.14. The van der Waals surface area contributed by atoms with Gasteiger partial charge in [-0.25, -0.2) is 13.1 Å². The molecule has 0 radical (unpaired) electrons. The van der Waals surface area contributed by atoms with Crippen molar-refractivity contribution in [3.63, 3.8) is 0 Å². The number of amides is 1. The van der Waals surface area contributed by atoms with Crippen LogP contribution in [0, 0.1) is 37.0 Å². The van der Waals surface area contributed by atoms with Crippen molar-refractivity contribution in [3.05, 3.63) is 28.8 Å². The molecule has 5 rings (SSSR count). The number of carbonyl (C=O) groups is 1. The summed E-state index contributed by atoms with van der Waals surface area (Å²) in [6.45, 7) is 5.78. The number of nitrogens with one attached hydrogen (secondary N) is 2. The number of carbonyl (C=O) groups excluding carboxylic acids is 1. The molecular weight excluding hydrogens is 372 g/mol. The van der Waals surface area contributed by atoms with E-state index in [4.69, 9.17) is 0 Å². The van der Waals surface area contributed by atoms with Gasteiger partial charge in [-0.3, -0.25) is 4.79 Å². The Labute approximate surface area is 168 Å². The fraction of sp³-hybridized carbons (Fsp3) is 0.682. The van der Waals surface area contributed by atoms with E-state index in [0.717, 1.165) is 23.3 Å². The van der Waals surface area contributed by atoms with Crippen LogP contribution in [0.3, 0.4) is 0 Å². The van der Waals surface area contributed by atoms with Crippen LogP contribution in [0.5, 0.6) is 0 Å². The molecule has 4 saturated carbocycles. The molecule has 0 heterocycles. The van der Waals surface area contributed by atoms with E-state index in [9.17, 15) is 13.2 Å². The monoisotopic (exact) mass is 404 g/mol. The van der Waals surface area contributed by atoms with Crippen molar-refractivity contribution in [2.45, 2.75) is 70.2 Å². The molecule has 0 aliphatic heterocycles. The lowest BCUT2D eigenvalue weighted by Crippen LogP contribution is -2.55. The van der Waals surface area contributed by atoms with Gasteiger partial charge in [0.1, 0.15) is 0 Å². The Morgan fingerprint density at radius 1 is 1.07 bits per heavy atom. The lowest BCUT2D eigenvalue weighted by atomic mass is 9.48. The summed E-state index contributed by atoms with van der Waals surface area (Å²) >= 11 is 0. The van der Waals surface area contributed by atoms with Gasteiger partial charge in [0, 0.05) is 11.6 Å². The fourth-order valence-electron chi connectivity index (χ4n) is 6.49. The minimum absolute atomic E-state index is 0.111. The molecule has 6 heteroatoms. The van der Waals surface area contributed by atoms with E-state index in [1.165, 1.54) is 51.6 Å². The third-order valence-electron chi connectivity index (χ3n) is 7.79. The van der Waals surface area contributed by atoms with Crippen molar-refractivity contribution < 1.29 is 13.2 Å². The average molecular weight is 405 g/mol. The molecule has 28 heavy (non-hydrogen) atoms. The van der Waals surface area contributed by atoms with E-state index in [2.05, 4.69) is 17.0 Å². The summed E-state index contributed by atoms with van der Waals surface area (Å²) in [5.74, 6) is 2.33. The van der Waals surface area contributed by atoms with Gasteiger partial charge in [-0.15, -0.1) is 0 Å². The van der Waals surface area contributed by atoms with Crippen LogP contribution in [0.1, 0.15) is 66.9 Å². The smallest absolute Gasteiger partial charge is 0.251 e. The van der Waals surface area contributed by atoms with Gasteiger partial charge >= 0.3 is 0 Å². The van der Waals surface area contributed by atoms with Crippen molar-refractivity contribution in [3.8, 4) is 0 Å². The summed E-state index contributed by atoms with van der Waals surface area (Å²) in [6.07, 6.45) is 7.82. The number of rotatable bonds is 5. The Bertz CT molecular complexity index is 871. The topological polar surface area (TPSA) is 75.3 Å². The van der Waals surface area contributed by atoms with Gasteiger partial charge in [-0.05, 0) is 113 Å². The highest BCUT2D eigenvalue weighted by Gasteiger charge is 2.53. The Morgan fingerprint density at radius 3 is 2.11 bits per heavy atom. The summed E-state index contributed by atoms with van der Waals surface area (Å²) in [6, 6.07) is 3.42. The fourth-order valence-corrected chi connectivity index (χ4v) is 7.55. The van der Waals surface area contributed by atoms with Gasteiger partial charge in [0.15, 0.2) is 0 Å². The highest BCUT2D eigenvalue weighted by atomic mass is 32.2. The van der Waals surface area contributed by atoms with E-state index >= 15 is 0 Å². The van der Waals surface area contributed by atoms with E-state index in [1.54, 1.807) is 13.0 Å². The number of benzene rings is 1. The van der Waals surface area contributed by atoms with E-state index in [0.29, 0.717) is 11.1 Å². The van der Waals surface area contributed by atoms with Crippen LogP contribution in [0.15, 0.2) is 17.0 Å². The average Bonchev–Trinajstić information content (AvgIpc) is 2.62. The minimum Gasteiger partial charge on any atom is -0.349 e. The van der Waals surface area contributed by atoms with Crippen LogP contribution in [0.2, 0.25) is 0 Å². The molecule has 4 fully saturated rings. The van der Waals surface area contributed by atoms with Crippen LogP contribution >= 0.6 is 0 Å². The summed E-state index contributed by atoms with van der Waals surface area (Å²) in [4.78, 5) is 13.2. The second-order valence-corrected chi connectivity index (χ2v) is 11.5. The Hall–Kier alpha value is -1.40. The summed E-state index contributed by atoms with van der Waals surface area (Å²) < 4.78 is 27.1. The minimum atomic E-state index is -3.60. The first-order valence-electron chi connectivity index (χ1n) is 10.5. The van der Waals surface area contributed by atoms with E-state index in [1.807, 2.05) is 6.92 Å². The molecular formula is C22H32N2O3S. The van der Waals surface area contributed by atoms with Gasteiger partial charge in [0.05, 0.1) is 4.90 Å². The molecule has 0 aromatic heterocycles. The maximum atomic E-state index is 13.1. The predicted molar refractivity (Wildman–Crippen MR) is 110 cm³/mol. The molecule has 154 valence electrons. The second-order valence-electron chi connectivity index (χ2n) is 9.60. The van der Waals surface area contributed by atoms with Crippen molar-refractivity contribution in [1.29, 1.82) is 0 Å². The molecule has 4 aliphatic rings. The third kappa shape index (κ3) is 3.28. The zero-order chi connectivity index (χ0) is 20.3. The first-order valence-corrected chi connectivity index (χ1v) is 12.0. The Morgan fingerprint density at radius 2 is 1.61 bits per heavy atom. The van der Waals surface area contributed by atoms with Gasteiger partial charge in [-0.2, -0.15) is 0 Å².